The molecule has 2 aliphatic heterocycles. The minimum Gasteiger partial charge on any atom is -0.316 e. The summed E-state index contributed by atoms with van der Waals surface area (Å²) in [6.07, 6.45) is 1.54. The van der Waals surface area contributed by atoms with Crippen molar-refractivity contribution in [3.05, 3.63) is 0 Å². The third-order valence-corrected chi connectivity index (χ3v) is 4.22. The molecule has 1 aliphatic carbocycles. The second-order valence-corrected chi connectivity index (χ2v) is 5.37. The largest absolute Gasteiger partial charge is 0.316 e. The number of rotatable bonds is 3. The highest BCUT2D eigenvalue weighted by atomic mass is 15.2. The summed E-state index contributed by atoms with van der Waals surface area (Å²) in [7, 11) is 0. The van der Waals surface area contributed by atoms with Crippen molar-refractivity contribution in [2.75, 3.05) is 32.7 Å². The lowest BCUT2D eigenvalue weighted by molar-refractivity contribution is 0.176. The van der Waals surface area contributed by atoms with Gasteiger partial charge in [0.15, 0.2) is 0 Å². The van der Waals surface area contributed by atoms with E-state index in [2.05, 4.69) is 17.1 Å². The quantitative estimate of drug-likeness (QED) is 0.691. The Bertz CT molecular complexity index is 190. The summed E-state index contributed by atoms with van der Waals surface area (Å²) in [6, 6.07) is 0. The number of nitrogens with zero attached hydrogens (tertiary/aromatic N) is 1. The molecule has 74 valence electrons. The molecule has 1 N–H and O–H groups in total. The van der Waals surface area contributed by atoms with Crippen LogP contribution < -0.4 is 5.32 Å². The molecule has 2 heteroatoms. The predicted molar refractivity (Wildman–Crippen MR) is 53.6 cm³/mol. The zero-order valence-electron chi connectivity index (χ0n) is 8.50. The summed E-state index contributed by atoms with van der Waals surface area (Å²) in [5.74, 6) is 4.09. The van der Waals surface area contributed by atoms with Gasteiger partial charge in [-0.15, -0.1) is 0 Å². The molecule has 2 saturated heterocycles. The highest BCUT2D eigenvalue weighted by molar-refractivity contribution is 4.97. The molecular formula is C11H20N2. The van der Waals surface area contributed by atoms with Crippen molar-refractivity contribution in [1.82, 2.24) is 10.2 Å². The van der Waals surface area contributed by atoms with Crippen molar-refractivity contribution in [2.45, 2.75) is 13.3 Å². The van der Waals surface area contributed by atoms with E-state index < -0.39 is 0 Å². The maximum absolute atomic E-state index is 3.37. The van der Waals surface area contributed by atoms with Gasteiger partial charge in [-0.05, 0) is 43.2 Å². The van der Waals surface area contributed by atoms with Gasteiger partial charge in [0.2, 0.25) is 0 Å². The molecule has 0 aromatic rings. The van der Waals surface area contributed by atoms with E-state index in [0.717, 1.165) is 23.7 Å². The lowest BCUT2D eigenvalue weighted by Gasteiger charge is -2.35. The van der Waals surface area contributed by atoms with E-state index in [9.17, 15) is 0 Å². The monoisotopic (exact) mass is 180 g/mol. The zero-order chi connectivity index (χ0) is 8.84. The summed E-state index contributed by atoms with van der Waals surface area (Å²) >= 11 is 0. The molecule has 0 spiro atoms. The Morgan fingerprint density at radius 2 is 2.00 bits per heavy atom. The fourth-order valence-corrected chi connectivity index (χ4v) is 2.91. The van der Waals surface area contributed by atoms with Crippen molar-refractivity contribution >= 4 is 0 Å². The van der Waals surface area contributed by atoms with Crippen molar-refractivity contribution in [2.24, 2.45) is 23.7 Å². The fourth-order valence-electron chi connectivity index (χ4n) is 2.91. The second-order valence-electron chi connectivity index (χ2n) is 5.37. The molecule has 0 aromatic heterocycles. The highest BCUT2D eigenvalue weighted by Crippen LogP contribution is 2.45. The van der Waals surface area contributed by atoms with Crippen LogP contribution in [0.5, 0.6) is 0 Å². The number of likely N-dealkylation sites (tertiary alicyclic amines) is 1. The average molecular weight is 180 g/mol. The van der Waals surface area contributed by atoms with Gasteiger partial charge >= 0.3 is 0 Å². The molecule has 0 aromatic carbocycles. The van der Waals surface area contributed by atoms with Crippen LogP contribution in [0.15, 0.2) is 0 Å². The Balaban J connectivity index is 1.46. The van der Waals surface area contributed by atoms with Crippen LogP contribution in [0.25, 0.3) is 0 Å². The van der Waals surface area contributed by atoms with Crippen molar-refractivity contribution < 1.29 is 0 Å². The molecular weight excluding hydrogens is 160 g/mol. The fraction of sp³-hybridized carbons (Fsp3) is 1.00. The molecule has 0 amide bonds. The smallest absolute Gasteiger partial charge is 0.00131 e. The van der Waals surface area contributed by atoms with Gasteiger partial charge in [0.1, 0.15) is 0 Å². The first-order valence-electron chi connectivity index (χ1n) is 5.76. The summed E-state index contributed by atoms with van der Waals surface area (Å²) < 4.78 is 0. The van der Waals surface area contributed by atoms with Crippen LogP contribution in [0.1, 0.15) is 13.3 Å². The molecule has 3 unspecified atom stereocenters. The van der Waals surface area contributed by atoms with Crippen LogP contribution >= 0.6 is 0 Å². The second kappa shape index (κ2) is 2.96. The minimum atomic E-state index is 0.916. The molecule has 0 bridgehead atoms. The van der Waals surface area contributed by atoms with E-state index in [4.69, 9.17) is 0 Å². The van der Waals surface area contributed by atoms with Gasteiger partial charge in [0, 0.05) is 19.6 Å². The van der Waals surface area contributed by atoms with Gasteiger partial charge in [0.05, 0.1) is 0 Å². The third kappa shape index (κ3) is 1.50. The molecule has 13 heavy (non-hydrogen) atoms. The summed E-state index contributed by atoms with van der Waals surface area (Å²) in [4.78, 5) is 2.70. The molecule has 1 saturated carbocycles. The van der Waals surface area contributed by atoms with Crippen LogP contribution in [0.3, 0.4) is 0 Å². The Morgan fingerprint density at radius 1 is 1.31 bits per heavy atom. The topological polar surface area (TPSA) is 15.3 Å². The first kappa shape index (κ1) is 8.25. The Morgan fingerprint density at radius 3 is 2.54 bits per heavy atom. The predicted octanol–water partition coefficient (Wildman–Crippen LogP) is 0.794. The van der Waals surface area contributed by atoms with Gasteiger partial charge < -0.3 is 10.2 Å². The highest BCUT2D eigenvalue weighted by Gasteiger charge is 2.45. The van der Waals surface area contributed by atoms with Gasteiger partial charge in [0.25, 0.3) is 0 Å². The molecule has 3 fully saturated rings. The lowest BCUT2D eigenvalue weighted by Crippen LogP contribution is -2.48. The van der Waals surface area contributed by atoms with Gasteiger partial charge in [-0.2, -0.15) is 0 Å². The number of hydrogen-bond acceptors (Lipinski definition) is 2. The van der Waals surface area contributed by atoms with E-state index in [1.807, 2.05) is 0 Å². The maximum atomic E-state index is 3.37. The maximum Gasteiger partial charge on any atom is 0.00131 e. The summed E-state index contributed by atoms with van der Waals surface area (Å²) in [5.41, 5.74) is 0. The van der Waals surface area contributed by atoms with Crippen molar-refractivity contribution in [3.8, 4) is 0 Å². The standard InChI is InChI=1S/C11H20N2/c1-8(11-3-12-4-11)5-13-6-9-2-10(9)7-13/h8-12H,2-7H2,1H3. The van der Waals surface area contributed by atoms with Gasteiger partial charge in [-0.25, -0.2) is 0 Å². The molecule has 3 atom stereocenters. The van der Waals surface area contributed by atoms with E-state index in [1.54, 1.807) is 0 Å². The molecule has 2 nitrogen and oxygen atoms in total. The zero-order valence-corrected chi connectivity index (χ0v) is 8.50. The normalized spacial score (nSPS) is 41.3. The van der Waals surface area contributed by atoms with Crippen LogP contribution in [0.2, 0.25) is 0 Å². The van der Waals surface area contributed by atoms with E-state index in [1.165, 1.54) is 39.1 Å². The number of nitrogens with one attached hydrogen (secondary N) is 1. The van der Waals surface area contributed by atoms with Crippen LogP contribution in [0, 0.1) is 23.7 Å². The molecule has 3 aliphatic rings. The van der Waals surface area contributed by atoms with E-state index >= 15 is 0 Å². The Labute approximate surface area is 80.7 Å². The Kier molecular flexibility index (Phi) is 1.88. The van der Waals surface area contributed by atoms with Crippen molar-refractivity contribution in [1.29, 1.82) is 0 Å². The van der Waals surface area contributed by atoms with Crippen LogP contribution in [-0.2, 0) is 0 Å². The minimum absolute atomic E-state index is 0.916. The third-order valence-electron chi connectivity index (χ3n) is 4.22. The summed E-state index contributed by atoms with van der Waals surface area (Å²) in [6.45, 7) is 9.14. The number of piperidine rings is 1. The molecule has 2 heterocycles. The molecule has 3 rings (SSSR count). The number of hydrogen-bond donors (Lipinski definition) is 1. The van der Waals surface area contributed by atoms with Gasteiger partial charge in [-0.1, -0.05) is 6.92 Å². The van der Waals surface area contributed by atoms with E-state index in [-0.39, 0.29) is 0 Å². The average Bonchev–Trinajstić information content (AvgIpc) is 2.55. The SMILES string of the molecule is CC(CN1CC2CC2C1)C1CNC1. The van der Waals surface area contributed by atoms with E-state index in [0.29, 0.717) is 0 Å². The summed E-state index contributed by atoms with van der Waals surface area (Å²) in [5, 5.41) is 3.37. The molecule has 0 radical (unpaired) electrons. The van der Waals surface area contributed by atoms with Crippen molar-refractivity contribution in [3.63, 3.8) is 0 Å². The van der Waals surface area contributed by atoms with Crippen LogP contribution in [0.4, 0.5) is 0 Å². The van der Waals surface area contributed by atoms with Crippen LogP contribution in [-0.4, -0.2) is 37.6 Å². The lowest BCUT2D eigenvalue weighted by atomic mass is 9.88. The first-order valence-corrected chi connectivity index (χ1v) is 5.76. The first-order chi connectivity index (χ1) is 6.33. The Hall–Kier alpha value is -0.0800. The van der Waals surface area contributed by atoms with Gasteiger partial charge in [-0.3, -0.25) is 0 Å². The number of fused-ring (bicyclic) bond motifs is 1.